The number of hydrogen-bond donors (Lipinski definition) is 3. The standard InChI is InChI=1S/C14H18N3O2P/c1-11-10-13(12-6-3-2-4-7-12)16-17(14(11)15)8-5-9-20(18)19/h2-4,6-7,10,15,18-19H,5,8-9H2,1H3/p+1. The molecule has 0 aliphatic carbocycles. The van der Waals surface area contributed by atoms with Crippen LogP contribution in [0.4, 0.5) is 5.82 Å². The van der Waals surface area contributed by atoms with E-state index in [-0.39, 0.29) is 0 Å². The monoisotopic (exact) mass is 292 g/mol. The van der Waals surface area contributed by atoms with E-state index in [0.717, 1.165) is 16.8 Å². The van der Waals surface area contributed by atoms with E-state index in [1.54, 1.807) is 4.68 Å². The van der Waals surface area contributed by atoms with Gasteiger partial charge >= 0.3 is 0 Å². The molecule has 5 nitrogen and oxygen atoms in total. The van der Waals surface area contributed by atoms with Crippen LogP contribution in [0.5, 0.6) is 0 Å². The summed E-state index contributed by atoms with van der Waals surface area (Å²) in [4.78, 5) is 17.9. The molecule has 0 aliphatic heterocycles. The van der Waals surface area contributed by atoms with E-state index in [1.807, 2.05) is 43.3 Å². The van der Waals surface area contributed by atoms with Gasteiger partial charge in [0.05, 0.1) is 0 Å². The lowest BCUT2D eigenvalue weighted by molar-refractivity contribution is -0.739. The highest BCUT2D eigenvalue weighted by Crippen LogP contribution is 2.23. The predicted octanol–water partition coefficient (Wildman–Crippen LogP) is 1.61. The Morgan fingerprint density at radius 1 is 1.25 bits per heavy atom. The van der Waals surface area contributed by atoms with Crippen molar-refractivity contribution in [3.8, 4) is 11.3 Å². The van der Waals surface area contributed by atoms with Crippen molar-refractivity contribution in [1.82, 2.24) is 5.10 Å². The number of anilines is 1. The largest absolute Gasteiger partial charge is 0.350 e. The average Bonchev–Trinajstić information content (AvgIpc) is 2.44. The normalized spacial score (nSPS) is 11.0. The van der Waals surface area contributed by atoms with Gasteiger partial charge in [-0.05, 0) is 19.4 Å². The number of rotatable bonds is 5. The van der Waals surface area contributed by atoms with E-state index in [1.165, 1.54) is 0 Å². The van der Waals surface area contributed by atoms with Crippen LogP contribution in [0.3, 0.4) is 0 Å². The first kappa shape index (κ1) is 14.9. The number of nitrogens with two attached hydrogens (primary N) is 1. The van der Waals surface area contributed by atoms with Gasteiger partial charge in [0, 0.05) is 17.3 Å². The third-order valence-electron chi connectivity index (χ3n) is 3.06. The second kappa shape index (κ2) is 6.75. The molecule has 0 atom stereocenters. The molecule has 0 fully saturated rings. The Labute approximate surface area is 119 Å². The molecule has 1 heterocycles. The van der Waals surface area contributed by atoms with Crippen molar-refractivity contribution >= 4 is 14.2 Å². The van der Waals surface area contributed by atoms with Crippen molar-refractivity contribution in [2.75, 3.05) is 11.9 Å². The Morgan fingerprint density at radius 2 is 1.95 bits per heavy atom. The van der Waals surface area contributed by atoms with E-state index >= 15 is 0 Å². The molecule has 1 aromatic heterocycles. The predicted molar refractivity (Wildman–Crippen MR) is 79.9 cm³/mol. The number of benzene rings is 1. The van der Waals surface area contributed by atoms with Crippen LogP contribution in [0.1, 0.15) is 12.0 Å². The Morgan fingerprint density at radius 3 is 2.60 bits per heavy atom. The summed E-state index contributed by atoms with van der Waals surface area (Å²) >= 11 is 0. The third kappa shape index (κ3) is 3.73. The van der Waals surface area contributed by atoms with E-state index in [2.05, 4.69) is 5.10 Å². The van der Waals surface area contributed by atoms with Gasteiger partial charge in [-0.15, -0.1) is 4.68 Å². The summed E-state index contributed by atoms with van der Waals surface area (Å²) in [5.74, 6) is 0.616. The number of aromatic nitrogens is 2. The van der Waals surface area contributed by atoms with Crippen LogP contribution in [0.2, 0.25) is 0 Å². The number of hydrogen-bond acceptors (Lipinski definition) is 4. The molecule has 0 saturated heterocycles. The van der Waals surface area contributed by atoms with Crippen LogP contribution < -0.4 is 10.4 Å². The Balaban J connectivity index is 2.26. The van der Waals surface area contributed by atoms with E-state index < -0.39 is 8.38 Å². The first-order valence-electron chi connectivity index (χ1n) is 6.46. The highest BCUT2D eigenvalue weighted by atomic mass is 31.2. The summed E-state index contributed by atoms with van der Waals surface area (Å²) < 4.78 is 1.73. The van der Waals surface area contributed by atoms with Gasteiger partial charge in [0.2, 0.25) is 0 Å². The lowest BCUT2D eigenvalue weighted by atomic mass is 10.1. The molecule has 0 spiro atoms. The zero-order chi connectivity index (χ0) is 14.5. The smallest absolute Gasteiger partial charge is 0.295 e. The van der Waals surface area contributed by atoms with Gasteiger partial charge in [-0.1, -0.05) is 35.4 Å². The maximum absolute atomic E-state index is 8.95. The first-order valence-corrected chi connectivity index (χ1v) is 7.89. The fraction of sp³-hybridized carbons (Fsp3) is 0.286. The van der Waals surface area contributed by atoms with Crippen LogP contribution in [0.15, 0.2) is 36.4 Å². The van der Waals surface area contributed by atoms with Gasteiger partial charge in [-0.25, -0.2) is 0 Å². The maximum Gasteiger partial charge on any atom is 0.295 e. The molecular weight excluding hydrogens is 273 g/mol. The molecular formula is C14H19N3O2P+. The maximum atomic E-state index is 8.95. The lowest BCUT2D eigenvalue weighted by Crippen LogP contribution is -2.42. The number of nitrogen functional groups attached to an aromatic ring is 1. The topological polar surface area (TPSA) is 83.2 Å². The molecule has 106 valence electrons. The highest BCUT2D eigenvalue weighted by Gasteiger charge is 2.14. The van der Waals surface area contributed by atoms with Gasteiger partial charge in [0.15, 0.2) is 8.38 Å². The van der Waals surface area contributed by atoms with Crippen LogP contribution >= 0.6 is 8.38 Å². The van der Waals surface area contributed by atoms with Gasteiger partial charge in [-0.3, -0.25) is 5.73 Å². The minimum Gasteiger partial charge on any atom is -0.350 e. The quantitative estimate of drug-likeness (QED) is 0.577. The summed E-state index contributed by atoms with van der Waals surface area (Å²) in [6, 6.07) is 11.9. The molecule has 1 aromatic carbocycles. The third-order valence-corrected chi connectivity index (χ3v) is 3.78. The fourth-order valence-electron chi connectivity index (χ4n) is 1.98. The SMILES string of the molecule is Cc1cc(-c2ccccc2)n[n+](CCCP(O)O)c1N. The van der Waals surface area contributed by atoms with E-state index in [9.17, 15) is 0 Å². The fourth-order valence-corrected chi connectivity index (χ4v) is 2.40. The van der Waals surface area contributed by atoms with Crippen LogP contribution in [0, 0.1) is 6.92 Å². The van der Waals surface area contributed by atoms with Crippen molar-refractivity contribution in [2.45, 2.75) is 19.9 Å². The number of nitrogens with zero attached hydrogens (tertiary/aromatic N) is 2. The molecule has 6 heteroatoms. The molecule has 4 N–H and O–H groups in total. The van der Waals surface area contributed by atoms with E-state index in [4.69, 9.17) is 15.5 Å². The van der Waals surface area contributed by atoms with Crippen LogP contribution in [0.25, 0.3) is 11.3 Å². The summed E-state index contributed by atoms with van der Waals surface area (Å²) in [5, 5.41) is 4.54. The zero-order valence-corrected chi connectivity index (χ0v) is 12.3. The summed E-state index contributed by atoms with van der Waals surface area (Å²) in [7, 11) is -1.85. The summed E-state index contributed by atoms with van der Waals surface area (Å²) in [6.45, 7) is 2.53. The Kier molecular flexibility index (Phi) is 5.01. The first-order chi connectivity index (χ1) is 9.58. The molecule has 0 bridgehead atoms. The second-order valence-electron chi connectivity index (χ2n) is 4.64. The van der Waals surface area contributed by atoms with Gasteiger partial charge in [-0.2, -0.15) is 0 Å². The molecule has 2 rings (SSSR count). The highest BCUT2D eigenvalue weighted by molar-refractivity contribution is 7.45. The van der Waals surface area contributed by atoms with Crippen molar-refractivity contribution in [1.29, 1.82) is 0 Å². The molecule has 0 saturated carbocycles. The Bertz CT molecular complexity index is 576. The Hall–Kier alpha value is -1.55. The van der Waals surface area contributed by atoms with Crippen molar-refractivity contribution in [2.24, 2.45) is 0 Å². The molecule has 0 aliphatic rings. The van der Waals surface area contributed by atoms with Crippen LogP contribution in [-0.4, -0.2) is 21.0 Å². The van der Waals surface area contributed by atoms with Gasteiger partial charge in [0.1, 0.15) is 12.2 Å². The molecule has 0 unspecified atom stereocenters. The van der Waals surface area contributed by atoms with Crippen molar-refractivity contribution < 1.29 is 14.5 Å². The minimum absolute atomic E-state index is 0.373. The average molecular weight is 292 g/mol. The zero-order valence-electron chi connectivity index (χ0n) is 11.4. The molecule has 20 heavy (non-hydrogen) atoms. The summed E-state index contributed by atoms with van der Waals surface area (Å²) in [6.07, 6.45) is 1.01. The van der Waals surface area contributed by atoms with Crippen molar-refractivity contribution in [3.05, 3.63) is 42.0 Å². The summed E-state index contributed by atoms with van der Waals surface area (Å²) in [5.41, 5.74) is 8.90. The molecule has 2 aromatic rings. The van der Waals surface area contributed by atoms with Gasteiger partial charge in [0.25, 0.3) is 5.82 Å². The molecule has 0 amide bonds. The second-order valence-corrected chi connectivity index (χ2v) is 5.83. The lowest BCUT2D eigenvalue weighted by Gasteiger charge is -2.07. The van der Waals surface area contributed by atoms with Crippen LogP contribution in [-0.2, 0) is 6.54 Å². The van der Waals surface area contributed by atoms with E-state index in [0.29, 0.717) is 24.9 Å². The number of aryl methyl sites for hydroxylation is 2. The molecule has 0 radical (unpaired) electrons. The minimum atomic E-state index is -1.85. The van der Waals surface area contributed by atoms with Gasteiger partial charge < -0.3 is 9.79 Å². The van der Waals surface area contributed by atoms with Crippen molar-refractivity contribution in [3.63, 3.8) is 0 Å².